The fraction of sp³-hybridized carbons (Fsp3) is 0.231. The molecule has 1 aromatic rings. The molecule has 0 aliphatic carbocycles. The van der Waals surface area contributed by atoms with Gasteiger partial charge in [0.1, 0.15) is 6.29 Å². The quantitative estimate of drug-likeness (QED) is 0.339. The molecule has 4 nitrogen and oxygen atoms in total. The van der Waals surface area contributed by atoms with Crippen LogP contribution in [0.2, 0.25) is 0 Å². The van der Waals surface area contributed by atoms with Crippen molar-refractivity contribution in [2.75, 3.05) is 7.11 Å². The molecule has 0 fully saturated rings. The van der Waals surface area contributed by atoms with E-state index in [1.807, 2.05) is 0 Å². The Labute approximate surface area is 99.8 Å². The van der Waals surface area contributed by atoms with Gasteiger partial charge in [0.05, 0.1) is 7.11 Å². The first kappa shape index (κ1) is 13.0. The number of allylic oxidation sites excluding steroid dienone is 1. The van der Waals surface area contributed by atoms with Crippen LogP contribution in [0.25, 0.3) is 0 Å². The van der Waals surface area contributed by atoms with Crippen LogP contribution in [0.15, 0.2) is 24.8 Å². The summed E-state index contributed by atoms with van der Waals surface area (Å²) in [6, 6.07) is 3.17. The van der Waals surface area contributed by atoms with Crippen molar-refractivity contribution in [1.82, 2.24) is 0 Å². The van der Waals surface area contributed by atoms with Crippen LogP contribution in [0.3, 0.4) is 0 Å². The number of methoxy groups -OCH3 is 1. The number of carbonyl (C=O) groups excluding carboxylic acids is 2. The third kappa shape index (κ3) is 3.17. The Bertz CT molecular complexity index is 449. The Balaban J connectivity index is 3.33. The first-order valence-corrected chi connectivity index (χ1v) is 5.07. The highest BCUT2D eigenvalue weighted by Crippen LogP contribution is 2.33. The van der Waals surface area contributed by atoms with Crippen LogP contribution >= 0.6 is 0 Å². The molecule has 0 saturated heterocycles. The fourth-order valence-corrected chi connectivity index (χ4v) is 1.47. The summed E-state index contributed by atoms with van der Waals surface area (Å²) < 4.78 is 10.2. The lowest BCUT2D eigenvalue weighted by Crippen LogP contribution is -2.06. The van der Waals surface area contributed by atoms with Crippen LogP contribution in [0.1, 0.15) is 22.8 Å². The van der Waals surface area contributed by atoms with E-state index in [0.717, 1.165) is 0 Å². The lowest BCUT2D eigenvalue weighted by molar-refractivity contribution is -0.132. The summed E-state index contributed by atoms with van der Waals surface area (Å²) in [7, 11) is 1.45. The summed E-state index contributed by atoms with van der Waals surface area (Å²) >= 11 is 0. The van der Waals surface area contributed by atoms with Gasteiger partial charge in [-0.25, -0.2) is 0 Å². The molecule has 0 spiro atoms. The highest BCUT2D eigenvalue weighted by molar-refractivity contribution is 5.79. The fourth-order valence-electron chi connectivity index (χ4n) is 1.47. The number of ether oxygens (including phenoxy) is 2. The summed E-state index contributed by atoms with van der Waals surface area (Å²) in [6.45, 7) is 4.93. The van der Waals surface area contributed by atoms with Gasteiger partial charge >= 0.3 is 5.97 Å². The van der Waals surface area contributed by atoms with Crippen LogP contribution in [0.5, 0.6) is 11.5 Å². The van der Waals surface area contributed by atoms with Crippen LogP contribution in [-0.2, 0) is 11.2 Å². The summed E-state index contributed by atoms with van der Waals surface area (Å²) in [5.41, 5.74) is 1.16. The van der Waals surface area contributed by atoms with Gasteiger partial charge in [0, 0.05) is 18.1 Å². The van der Waals surface area contributed by atoms with Gasteiger partial charge in [-0.2, -0.15) is 0 Å². The number of benzene rings is 1. The molecule has 0 amide bonds. The van der Waals surface area contributed by atoms with Gasteiger partial charge in [-0.15, -0.1) is 6.58 Å². The second kappa shape index (κ2) is 5.84. The Kier molecular flexibility index (Phi) is 4.46. The van der Waals surface area contributed by atoms with E-state index < -0.39 is 5.97 Å². The SMILES string of the molecule is C=CCc1cc(C=O)cc(OC)c1OC(C)=O. The maximum absolute atomic E-state index is 11.0. The van der Waals surface area contributed by atoms with Gasteiger partial charge in [0.25, 0.3) is 0 Å². The van der Waals surface area contributed by atoms with E-state index in [-0.39, 0.29) is 0 Å². The molecule has 4 heteroatoms. The van der Waals surface area contributed by atoms with E-state index in [4.69, 9.17) is 9.47 Å². The average Bonchev–Trinajstić information content (AvgIpc) is 2.30. The highest BCUT2D eigenvalue weighted by atomic mass is 16.6. The maximum atomic E-state index is 11.0. The van der Waals surface area contributed by atoms with Crippen molar-refractivity contribution >= 4 is 12.3 Å². The molecule has 0 atom stereocenters. The van der Waals surface area contributed by atoms with Crippen molar-refractivity contribution in [3.63, 3.8) is 0 Å². The largest absolute Gasteiger partial charge is 0.493 e. The average molecular weight is 234 g/mol. The number of carbonyl (C=O) groups is 2. The van der Waals surface area contributed by atoms with Crippen molar-refractivity contribution in [1.29, 1.82) is 0 Å². The van der Waals surface area contributed by atoms with Gasteiger partial charge in [0.2, 0.25) is 0 Å². The number of esters is 1. The van der Waals surface area contributed by atoms with E-state index in [9.17, 15) is 9.59 Å². The lowest BCUT2D eigenvalue weighted by atomic mass is 10.1. The van der Waals surface area contributed by atoms with Crippen molar-refractivity contribution in [2.45, 2.75) is 13.3 Å². The van der Waals surface area contributed by atoms with Crippen molar-refractivity contribution in [3.8, 4) is 11.5 Å². The Morgan fingerprint density at radius 2 is 2.18 bits per heavy atom. The van der Waals surface area contributed by atoms with E-state index in [1.54, 1.807) is 12.1 Å². The summed E-state index contributed by atoms with van der Waals surface area (Å²) in [5.74, 6) is 0.264. The highest BCUT2D eigenvalue weighted by Gasteiger charge is 2.14. The van der Waals surface area contributed by atoms with Gasteiger partial charge < -0.3 is 9.47 Å². The van der Waals surface area contributed by atoms with Gasteiger partial charge in [0.15, 0.2) is 11.5 Å². The lowest BCUT2D eigenvalue weighted by Gasteiger charge is -2.12. The molecule has 0 N–H and O–H groups in total. The van der Waals surface area contributed by atoms with E-state index in [1.165, 1.54) is 20.1 Å². The summed E-state index contributed by atoms with van der Waals surface area (Å²) in [6.07, 6.45) is 2.86. The zero-order valence-corrected chi connectivity index (χ0v) is 9.86. The zero-order chi connectivity index (χ0) is 12.8. The molecule has 0 radical (unpaired) electrons. The molecule has 0 heterocycles. The second-order valence-electron chi connectivity index (χ2n) is 3.42. The molecule has 0 aromatic heterocycles. The van der Waals surface area contributed by atoms with E-state index in [2.05, 4.69) is 6.58 Å². The molecular formula is C13H14O4. The molecule has 0 aliphatic rings. The summed E-state index contributed by atoms with van der Waals surface area (Å²) in [5, 5.41) is 0. The number of hydrogen-bond donors (Lipinski definition) is 0. The van der Waals surface area contributed by atoms with E-state index in [0.29, 0.717) is 35.3 Å². The number of aldehydes is 1. The van der Waals surface area contributed by atoms with Crippen molar-refractivity contribution in [2.24, 2.45) is 0 Å². The number of hydrogen-bond acceptors (Lipinski definition) is 4. The van der Waals surface area contributed by atoms with Crippen molar-refractivity contribution < 1.29 is 19.1 Å². The smallest absolute Gasteiger partial charge is 0.308 e. The van der Waals surface area contributed by atoms with Crippen molar-refractivity contribution in [3.05, 3.63) is 35.9 Å². The Morgan fingerprint density at radius 3 is 2.65 bits per heavy atom. The Morgan fingerprint density at radius 1 is 1.47 bits per heavy atom. The molecular weight excluding hydrogens is 220 g/mol. The van der Waals surface area contributed by atoms with Gasteiger partial charge in [-0.05, 0) is 18.6 Å². The minimum atomic E-state index is -0.438. The molecule has 0 unspecified atom stereocenters. The summed E-state index contributed by atoms with van der Waals surface area (Å²) in [4.78, 5) is 21.8. The predicted molar refractivity (Wildman–Crippen MR) is 63.6 cm³/mol. The molecule has 1 aromatic carbocycles. The molecule has 1 rings (SSSR count). The number of rotatable bonds is 5. The molecule has 17 heavy (non-hydrogen) atoms. The Hall–Kier alpha value is -2.10. The van der Waals surface area contributed by atoms with Crippen LogP contribution in [0, 0.1) is 0 Å². The standard InChI is InChI=1S/C13H14O4/c1-4-5-11-6-10(8-14)7-12(16-3)13(11)17-9(2)15/h4,6-8H,1,5H2,2-3H3. The zero-order valence-electron chi connectivity index (χ0n) is 9.86. The van der Waals surface area contributed by atoms with Gasteiger partial charge in [-0.1, -0.05) is 6.08 Å². The molecule has 90 valence electrons. The topological polar surface area (TPSA) is 52.6 Å². The minimum Gasteiger partial charge on any atom is -0.493 e. The molecule has 0 bridgehead atoms. The van der Waals surface area contributed by atoms with Crippen LogP contribution in [0.4, 0.5) is 0 Å². The predicted octanol–water partition coefficient (Wildman–Crippen LogP) is 2.16. The maximum Gasteiger partial charge on any atom is 0.308 e. The van der Waals surface area contributed by atoms with Crippen LogP contribution in [-0.4, -0.2) is 19.4 Å². The molecule has 0 saturated carbocycles. The first-order chi connectivity index (χ1) is 8.12. The third-order valence-corrected chi connectivity index (χ3v) is 2.12. The second-order valence-corrected chi connectivity index (χ2v) is 3.42. The van der Waals surface area contributed by atoms with E-state index >= 15 is 0 Å². The molecule has 0 aliphatic heterocycles. The monoisotopic (exact) mass is 234 g/mol. The van der Waals surface area contributed by atoms with Crippen LogP contribution < -0.4 is 9.47 Å². The normalized spacial score (nSPS) is 9.53. The van der Waals surface area contributed by atoms with Gasteiger partial charge in [-0.3, -0.25) is 9.59 Å². The third-order valence-electron chi connectivity index (χ3n) is 2.12. The first-order valence-electron chi connectivity index (χ1n) is 5.07. The minimum absolute atomic E-state index is 0.338.